The van der Waals surface area contributed by atoms with Crippen LogP contribution in [0.1, 0.15) is 23.6 Å². The molecule has 2 bridgehead atoms. The number of benzene rings is 2. The Balaban J connectivity index is 1.35. The van der Waals surface area contributed by atoms with Crippen LogP contribution in [0.25, 0.3) is 0 Å². The first kappa shape index (κ1) is 22.6. The molecule has 4 saturated carbocycles. The van der Waals surface area contributed by atoms with Gasteiger partial charge in [0.25, 0.3) is 0 Å². The number of nitrogens with one attached hydrogen (secondary N) is 2. The third kappa shape index (κ3) is 3.90. The Kier molecular flexibility index (Phi) is 5.47. The van der Waals surface area contributed by atoms with E-state index >= 15 is 0 Å². The number of aromatic nitrogens is 1. The molecule has 0 saturated heterocycles. The average Bonchev–Trinajstić information content (AvgIpc) is 3.69. The Morgan fingerprint density at radius 2 is 1.86 bits per heavy atom. The molecular formula is C28H26F2N4O2. The van der Waals surface area contributed by atoms with E-state index in [1.165, 1.54) is 35.4 Å². The van der Waals surface area contributed by atoms with Crippen molar-refractivity contribution in [1.82, 2.24) is 10.3 Å². The zero-order valence-electron chi connectivity index (χ0n) is 19.7. The second-order valence-corrected chi connectivity index (χ2v) is 9.94. The minimum absolute atomic E-state index is 0.0654. The Hall–Kier alpha value is -3.81. The predicted octanol–water partition coefficient (Wildman–Crippen LogP) is 4.24. The van der Waals surface area contributed by atoms with Crippen molar-refractivity contribution in [3.63, 3.8) is 0 Å². The first-order chi connectivity index (χ1) is 17.4. The highest BCUT2D eigenvalue weighted by atomic mass is 19.1. The number of anilines is 2. The largest absolute Gasteiger partial charge is 0.372 e. The van der Waals surface area contributed by atoms with Gasteiger partial charge in [-0.15, -0.1) is 0 Å². The monoisotopic (exact) mass is 488 g/mol. The molecule has 3 aromatic rings. The Labute approximate surface area is 207 Å². The van der Waals surface area contributed by atoms with Crippen LogP contribution in [-0.4, -0.2) is 29.4 Å². The highest BCUT2D eigenvalue weighted by Gasteiger charge is 2.80. The number of fused-ring (bicyclic) bond motifs is 1. The molecule has 0 aliphatic heterocycles. The molecule has 4 unspecified atom stereocenters. The molecule has 36 heavy (non-hydrogen) atoms. The third-order valence-corrected chi connectivity index (χ3v) is 7.89. The van der Waals surface area contributed by atoms with Crippen molar-refractivity contribution in [2.45, 2.75) is 25.4 Å². The highest BCUT2D eigenvalue weighted by Crippen LogP contribution is 2.81. The fourth-order valence-electron chi connectivity index (χ4n) is 6.08. The number of pyridine rings is 1. The normalized spacial score (nSPS) is 25.5. The molecule has 8 heteroatoms. The van der Waals surface area contributed by atoms with Gasteiger partial charge in [-0.2, -0.15) is 4.39 Å². The van der Waals surface area contributed by atoms with Gasteiger partial charge in [-0.3, -0.25) is 14.5 Å². The molecule has 6 nitrogen and oxygen atoms in total. The molecule has 0 spiro atoms. The van der Waals surface area contributed by atoms with Crippen LogP contribution in [-0.2, 0) is 9.59 Å². The maximum absolute atomic E-state index is 14.3. The molecule has 1 aromatic heterocycles. The van der Waals surface area contributed by atoms with Gasteiger partial charge < -0.3 is 10.6 Å². The van der Waals surface area contributed by atoms with E-state index in [4.69, 9.17) is 0 Å². The van der Waals surface area contributed by atoms with Gasteiger partial charge in [0.15, 0.2) is 0 Å². The maximum Gasteiger partial charge on any atom is 0.248 e. The Bertz CT molecular complexity index is 1330. The number of aryl methyl sites for hydroxylation is 1. The standard InChI is InChI=1S/C28H26F2N4O2/c1-15-6-2-3-9-18(15)26(28(36)33-21-13-19-23-24(19)25(21)23)34(17-8-4-7-16(29)12-17)22(35)14-32-20-10-5-11-31-27(20)30/h2-12,19,21,23-26,32H,13-14H2,1H3,(H,33,36). The van der Waals surface area contributed by atoms with E-state index in [1.807, 2.05) is 31.2 Å². The number of carbonyl (C=O) groups excluding carboxylic acids is 2. The smallest absolute Gasteiger partial charge is 0.248 e. The summed E-state index contributed by atoms with van der Waals surface area (Å²) in [5.41, 5.74) is 1.80. The lowest BCUT2D eigenvalue weighted by Gasteiger charge is -2.33. The molecular weight excluding hydrogens is 462 g/mol. The molecule has 7 rings (SSSR count). The van der Waals surface area contributed by atoms with E-state index in [1.54, 1.807) is 12.1 Å². The average molecular weight is 489 g/mol. The van der Waals surface area contributed by atoms with E-state index in [9.17, 15) is 18.4 Å². The molecule has 4 aliphatic carbocycles. The number of nitrogens with zero attached hydrogens (tertiary/aromatic N) is 2. The van der Waals surface area contributed by atoms with Crippen molar-refractivity contribution in [3.8, 4) is 0 Å². The maximum atomic E-state index is 14.3. The van der Waals surface area contributed by atoms with Crippen LogP contribution in [0.4, 0.5) is 20.2 Å². The number of carbonyl (C=O) groups is 2. The molecule has 184 valence electrons. The summed E-state index contributed by atoms with van der Waals surface area (Å²) in [6, 6.07) is 15.1. The number of hydrogen-bond donors (Lipinski definition) is 2. The summed E-state index contributed by atoms with van der Waals surface area (Å²) in [7, 11) is 0. The molecule has 4 atom stereocenters. The second kappa shape index (κ2) is 8.69. The van der Waals surface area contributed by atoms with Gasteiger partial charge in [-0.05, 0) is 78.5 Å². The molecule has 0 radical (unpaired) electrons. The van der Waals surface area contributed by atoms with Crippen LogP contribution in [0.5, 0.6) is 0 Å². The Morgan fingerprint density at radius 3 is 2.56 bits per heavy atom. The van der Waals surface area contributed by atoms with Gasteiger partial charge in [-0.1, -0.05) is 30.3 Å². The van der Waals surface area contributed by atoms with Gasteiger partial charge in [0.05, 0.1) is 12.2 Å². The van der Waals surface area contributed by atoms with Crippen molar-refractivity contribution < 1.29 is 18.4 Å². The molecule has 2 aromatic carbocycles. The summed E-state index contributed by atoms with van der Waals surface area (Å²) in [6.45, 7) is 1.57. The van der Waals surface area contributed by atoms with Crippen molar-refractivity contribution in [1.29, 1.82) is 0 Å². The predicted molar refractivity (Wildman–Crippen MR) is 131 cm³/mol. The Morgan fingerprint density at radius 1 is 1.06 bits per heavy atom. The van der Waals surface area contributed by atoms with Gasteiger partial charge in [0.2, 0.25) is 17.8 Å². The van der Waals surface area contributed by atoms with E-state index in [-0.39, 0.29) is 29.9 Å². The summed E-state index contributed by atoms with van der Waals surface area (Å²) in [5, 5.41) is 5.98. The topological polar surface area (TPSA) is 74.3 Å². The number of hydrogen-bond acceptors (Lipinski definition) is 4. The number of rotatable bonds is 8. The fraction of sp³-hybridized carbons (Fsp3) is 0.321. The van der Waals surface area contributed by atoms with Crippen LogP contribution in [0, 0.1) is 42.4 Å². The van der Waals surface area contributed by atoms with Crippen molar-refractivity contribution >= 4 is 23.2 Å². The lowest BCUT2D eigenvalue weighted by atomic mass is 9.97. The summed E-state index contributed by atoms with van der Waals surface area (Å²) < 4.78 is 28.4. The van der Waals surface area contributed by atoms with Crippen LogP contribution in [0.15, 0.2) is 66.9 Å². The minimum atomic E-state index is -1.02. The lowest BCUT2D eigenvalue weighted by Crippen LogP contribution is -2.48. The number of amides is 2. The van der Waals surface area contributed by atoms with Gasteiger partial charge >= 0.3 is 0 Å². The van der Waals surface area contributed by atoms with Crippen LogP contribution >= 0.6 is 0 Å². The van der Waals surface area contributed by atoms with Crippen molar-refractivity contribution in [2.75, 3.05) is 16.8 Å². The first-order valence-corrected chi connectivity index (χ1v) is 12.2. The summed E-state index contributed by atoms with van der Waals surface area (Å²) in [4.78, 5) is 32.5. The molecule has 2 N–H and O–H groups in total. The van der Waals surface area contributed by atoms with Gasteiger partial charge in [0, 0.05) is 17.9 Å². The SMILES string of the molecule is Cc1ccccc1C(C(=O)NC1CC2C3C1C23)N(C(=O)CNc1cccnc1F)c1cccc(F)c1. The third-order valence-electron chi connectivity index (χ3n) is 7.89. The van der Waals surface area contributed by atoms with Crippen LogP contribution in [0.2, 0.25) is 0 Å². The zero-order valence-corrected chi connectivity index (χ0v) is 19.7. The summed E-state index contributed by atoms with van der Waals surface area (Å²) in [5.74, 6) is 0.722. The van der Waals surface area contributed by atoms with Crippen LogP contribution in [0.3, 0.4) is 0 Å². The second-order valence-electron chi connectivity index (χ2n) is 9.94. The molecule has 1 heterocycles. The van der Waals surface area contributed by atoms with Gasteiger partial charge in [-0.25, -0.2) is 9.37 Å². The number of halogens is 2. The highest BCUT2D eigenvalue weighted by molar-refractivity contribution is 6.03. The van der Waals surface area contributed by atoms with Crippen molar-refractivity contribution in [3.05, 3.63) is 89.8 Å². The summed E-state index contributed by atoms with van der Waals surface area (Å²) >= 11 is 0. The molecule has 2 amide bonds. The van der Waals surface area contributed by atoms with Crippen LogP contribution < -0.4 is 15.5 Å². The summed E-state index contributed by atoms with van der Waals surface area (Å²) in [6.07, 6.45) is 2.29. The fourth-order valence-corrected chi connectivity index (χ4v) is 6.08. The van der Waals surface area contributed by atoms with Gasteiger partial charge in [0.1, 0.15) is 11.9 Å². The minimum Gasteiger partial charge on any atom is -0.372 e. The quantitative estimate of drug-likeness (QED) is 0.466. The van der Waals surface area contributed by atoms with E-state index < -0.39 is 23.7 Å². The lowest BCUT2D eigenvalue weighted by molar-refractivity contribution is -0.126. The van der Waals surface area contributed by atoms with E-state index in [0.717, 1.165) is 29.7 Å². The van der Waals surface area contributed by atoms with Crippen molar-refractivity contribution in [2.24, 2.45) is 23.7 Å². The van der Waals surface area contributed by atoms with E-state index in [2.05, 4.69) is 15.6 Å². The zero-order chi connectivity index (χ0) is 25.0. The first-order valence-electron chi connectivity index (χ1n) is 12.2. The molecule has 4 aliphatic rings. The molecule has 4 fully saturated rings. The van der Waals surface area contributed by atoms with E-state index in [0.29, 0.717) is 11.5 Å².